The minimum absolute atomic E-state index is 0.276. The van der Waals surface area contributed by atoms with Crippen molar-refractivity contribution in [2.45, 2.75) is 18.1 Å². The van der Waals surface area contributed by atoms with E-state index in [1.165, 1.54) is 12.1 Å². The maximum absolute atomic E-state index is 13.4. The van der Waals surface area contributed by atoms with Crippen molar-refractivity contribution < 1.29 is 22.7 Å². The highest BCUT2D eigenvalue weighted by atomic mass is 19.4. The Labute approximate surface area is 187 Å². The van der Waals surface area contributed by atoms with Crippen LogP contribution in [0.2, 0.25) is 0 Å². The number of hydrogen-bond acceptors (Lipinski definition) is 3. The number of nitrogens with zero attached hydrogens (tertiary/aromatic N) is 2. The van der Waals surface area contributed by atoms with Gasteiger partial charge in [0.05, 0.1) is 12.2 Å². The smallest absolute Gasteiger partial charge is 0.416 e. The first-order valence-corrected chi connectivity index (χ1v) is 10.4. The van der Waals surface area contributed by atoms with Crippen LogP contribution in [0.3, 0.4) is 0 Å². The molecule has 1 aliphatic rings. The van der Waals surface area contributed by atoms with E-state index in [0.29, 0.717) is 29.0 Å². The minimum Gasteiger partial charge on any atom is -0.491 e. The molecule has 1 N–H and O–H groups in total. The van der Waals surface area contributed by atoms with Gasteiger partial charge < -0.3 is 14.6 Å². The van der Waals surface area contributed by atoms with Gasteiger partial charge in [-0.2, -0.15) is 13.2 Å². The summed E-state index contributed by atoms with van der Waals surface area (Å²) in [5, 5.41) is 4.00. The Balaban J connectivity index is 1.59. The maximum atomic E-state index is 13.4. The Morgan fingerprint density at radius 1 is 1.12 bits per heavy atom. The fraction of sp³-hybridized carbons (Fsp3) is 0.200. The number of carbonyl (C=O) groups excluding carboxylic acids is 1. The molecule has 0 saturated carbocycles. The average molecular weight is 451 g/mol. The molecule has 0 aliphatic carbocycles. The van der Waals surface area contributed by atoms with E-state index < -0.39 is 17.3 Å². The van der Waals surface area contributed by atoms with Crippen molar-refractivity contribution in [1.29, 1.82) is 0 Å². The number of halogens is 3. The van der Waals surface area contributed by atoms with E-state index >= 15 is 0 Å². The first-order valence-electron chi connectivity index (χ1n) is 10.4. The standard InChI is InChI=1S/C25H20F3N3O2/c1-31-13-10-16-15-17(4-9-20(16)31)23(32)30-24(11-14-33-21-3-2-12-29-22(21)24)18-5-7-19(8-6-18)25(26,27)28/h2-10,12-13,15H,11,14H2,1H3,(H,30,32). The van der Waals surface area contributed by atoms with Crippen LogP contribution in [0.5, 0.6) is 5.75 Å². The SMILES string of the molecule is Cn1ccc2cc(C(=O)NC3(c4ccc(C(F)(F)F)cc4)CCOc4cccnc43)ccc21. The summed E-state index contributed by atoms with van der Waals surface area (Å²) >= 11 is 0. The molecule has 0 fully saturated rings. The molecule has 0 saturated heterocycles. The number of aryl methyl sites for hydroxylation is 1. The highest BCUT2D eigenvalue weighted by Gasteiger charge is 2.43. The predicted molar refractivity (Wildman–Crippen MR) is 117 cm³/mol. The number of rotatable bonds is 3. The molecule has 1 amide bonds. The van der Waals surface area contributed by atoms with Gasteiger partial charge in [-0.15, -0.1) is 0 Å². The number of aromatic nitrogens is 2. The summed E-state index contributed by atoms with van der Waals surface area (Å²) in [7, 11) is 1.92. The van der Waals surface area contributed by atoms with E-state index in [-0.39, 0.29) is 12.5 Å². The van der Waals surface area contributed by atoms with E-state index in [1.807, 2.05) is 29.9 Å². The molecule has 2 aromatic heterocycles. The van der Waals surface area contributed by atoms with Gasteiger partial charge in [-0.25, -0.2) is 0 Å². The van der Waals surface area contributed by atoms with Crippen LogP contribution in [0.1, 0.15) is 33.6 Å². The van der Waals surface area contributed by atoms with Gasteiger partial charge in [0.2, 0.25) is 0 Å². The molecule has 5 nitrogen and oxygen atoms in total. The van der Waals surface area contributed by atoms with Crippen LogP contribution in [0, 0.1) is 0 Å². The van der Waals surface area contributed by atoms with Gasteiger partial charge >= 0.3 is 6.18 Å². The molecule has 5 rings (SSSR count). The van der Waals surface area contributed by atoms with Crippen LogP contribution < -0.4 is 10.1 Å². The third kappa shape index (κ3) is 3.61. The quantitative estimate of drug-likeness (QED) is 0.474. The van der Waals surface area contributed by atoms with Crippen molar-refractivity contribution in [3.05, 3.63) is 95.4 Å². The Kier molecular flexibility index (Phi) is 4.88. The summed E-state index contributed by atoms with van der Waals surface area (Å²) in [6.07, 6.45) is -0.642. The van der Waals surface area contributed by atoms with Crippen LogP contribution in [0.25, 0.3) is 10.9 Å². The average Bonchev–Trinajstić information content (AvgIpc) is 3.19. The van der Waals surface area contributed by atoms with E-state index in [0.717, 1.165) is 23.0 Å². The maximum Gasteiger partial charge on any atom is 0.416 e. The predicted octanol–water partition coefficient (Wildman–Crippen LogP) is 5.05. The summed E-state index contributed by atoms with van der Waals surface area (Å²) < 4.78 is 47.1. The lowest BCUT2D eigenvalue weighted by atomic mass is 9.80. The van der Waals surface area contributed by atoms with Crippen molar-refractivity contribution in [2.75, 3.05) is 6.61 Å². The Morgan fingerprint density at radius 2 is 1.91 bits per heavy atom. The molecule has 1 aliphatic heterocycles. The number of amides is 1. The van der Waals surface area contributed by atoms with Crippen LogP contribution >= 0.6 is 0 Å². The van der Waals surface area contributed by atoms with Gasteiger partial charge in [0.25, 0.3) is 5.91 Å². The third-order valence-electron chi connectivity index (χ3n) is 6.09. The largest absolute Gasteiger partial charge is 0.491 e. The lowest BCUT2D eigenvalue weighted by Gasteiger charge is -2.39. The molecule has 1 unspecified atom stereocenters. The zero-order chi connectivity index (χ0) is 23.2. The Hall–Kier alpha value is -3.81. The van der Waals surface area contributed by atoms with Gasteiger partial charge in [-0.3, -0.25) is 9.78 Å². The van der Waals surface area contributed by atoms with E-state index in [9.17, 15) is 18.0 Å². The second-order valence-electron chi connectivity index (χ2n) is 8.08. The molecule has 2 aromatic carbocycles. The van der Waals surface area contributed by atoms with Crippen LogP contribution in [0.4, 0.5) is 13.2 Å². The van der Waals surface area contributed by atoms with E-state index in [4.69, 9.17) is 4.74 Å². The molecule has 3 heterocycles. The van der Waals surface area contributed by atoms with E-state index in [2.05, 4.69) is 10.3 Å². The molecule has 0 radical (unpaired) electrons. The lowest BCUT2D eigenvalue weighted by molar-refractivity contribution is -0.137. The number of pyridine rings is 1. The van der Waals surface area contributed by atoms with Gasteiger partial charge in [-0.1, -0.05) is 12.1 Å². The molecule has 0 spiro atoms. The number of alkyl halides is 3. The number of ether oxygens (including phenoxy) is 1. The Bertz CT molecular complexity index is 1350. The summed E-state index contributed by atoms with van der Waals surface area (Å²) in [5.74, 6) is 0.140. The summed E-state index contributed by atoms with van der Waals surface area (Å²) in [6, 6.07) is 15.6. The van der Waals surface area contributed by atoms with Crippen molar-refractivity contribution in [3.63, 3.8) is 0 Å². The molecule has 1 atom stereocenters. The Morgan fingerprint density at radius 3 is 2.67 bits per heavy atom. The van der Waals surface area contributed by atoms with Crippen molar-refractivity contribution in [2.24, 2.45) is 7.05 Å². The minimum atomic E-state index is -4.45. The monoisotopic (exact) mass is 451 g/mol. The fourth-order valence-corrected chi connectivity index (χ4v) is 4.37. The van der Waals surface area contributed by atoms with E-state index in [1.54, 1.807) is 30.5 Å². The van der Waals surface area contributed by atoms with Gasteiger partial charge in [0.15, 0.2) is 0 Å². The number of benzene rings is 2. The molecule has 33 heavy (non-hydrogen) atoms. The third-order valence-corrected chi connectivity index (χ3v) is 6.09. The number of carbonyl (C=O) groups is 1. The molecular weight excluding hydrogens is 431 g/mol. The summed E-state index contributed by atoms with van der Waals surface area (Å²) in [5.41, 5.74) is 0.515. The number of fused-ring (bicyclic) bond motifs is 2. The van der Waals surface area contributed by atoms with Gasteiger partial charge in [0, 0.05) is 42.3 Å². The second kappa shape index (κ2) is 7.65. The van der Waals surface area contributed by atoms with Crippen molar-refractivity contribution in [3.8, 4) is 5.75 Å². The number of nitrogens with one attached hydrogen (secondary N) is 1. The molecular formula is C25H20F3N3O2. The molecule has 8 heteroatoms. The lowest BCUT2D eigenvalue weighted by Crippen LogP contribution is -2.50. The molecule has 0 bridgehead atoms. The second-order valence-corrected chi connectivity index (χ2v) is 8.08. The van der Waals surface area contributed by atoms with Crippen LogP contribution in [-0.2, 0) is 18.8 Å². The van der Waals surface area contributed by atoms with Crippen LogP contribution in [0.15, 0.2) is 73.1 Å². The molecule has 168 valence electrons. The summed E-state index contributed by atoms with van der Waals surface area (Å²) in [6.45, 7) is 0.276. The van der Waals surface area contributed by atoms with Crippen molar-refractivity contribution >= 4 is 16.8 Å². The normalized spacial score (nSPS) is 17.9. The zero-order valence-corrected chi connectivity index (χ0v) is 17.7. The zero-order valence-electron chi connectivity index (χ0n) is 17.7. The van der Waals surface area contributed by atoms with Gasteiger partial charge in [-0.05, 0) is 54.1 Å². The summed E-state index contributed by atoms with van der Waals surface area (Å²) in [4.78, 5) is 17.9. The van der Waals surface area contributed by atoms with Crippen molar-refractivity contribution in [1.82, 2.24) is 14.9 Å². The number of hydrogen-bond donors (Lipinski definition) is 1. The van der Waals surface area contributed by atoms with Crippen LogP contribution in [-0.4, -0.2) is 22.1 Å². The van der Waals surface area contributed by atoms with Gasteiger partial charge in [0.1, 0.15) is 17.0 Å². The highest BCUT2D eigenvalue weighted by molar-refractivity contribution is 5.99. The fourth-order valence-electron chi connectivity index (χ4n) is 4.37. The topological polar surface area (TPSA) is 56.2 Å². The first-order chi connectivity index (χ1) is 15.8. The highest BCUT2D eigenvalue weighted by Crippen LogP contribution is 2.41. The first kappa shape index (κ1) is 21.1. The molecule has 4 aromatic rings.